The molecule has 3 heteroatoms. The summed E-state index contributed by atoms with van der Waals surface area (Å²) in [5.74, 6) is 0.214. The molecule has 1 aromatic heterocycles. The van der Waals surface area contributed by atoms with Crippen molar-refractivity contribution in [2.24, 2.45) is 0 Å². The molecule has 0 aliphatic carbocycles. The highest BCUT2D eigenvalue weighted by molar-refractivity contribution is 5.23. The van der Waals surface area contributed by atoms with Gasteiger partial charge < -0.3 is 9.52 Å². The highest BCUT2D eigenvalue weighted by Crippen LogP contribution is 2.06. The van der Waals surface area contributed by atoms with Crippen LogP contribution in [-0.2, 0) is 0 Å². The molecule has 54 valence electrons. The van der Waals surface area contributed by atoms with Gasteiger partial charge in [-0.3, -0.25) is 4.79 Å². The van der Waals surface area contributed by atoms with Crippen LogP contribution in [0.25, 0.3) is 0 Å². The van der Waals surface area contributed by atoms with E-state index in [2.05, 4.69) is 0 Å². The van der Waals surface area contributed by atoms with Gasteiger partial charge in [0.05, 0.1) is 0 Å². The van der Waals surface area contributed by atoms with Gasteiger partial charge >= 0.3 is 0 Å². The predicted octanol–water partition coefficient (Wildman–Crippen LogP) is 0.962. The Kier molecular flexibility index (Phi) is 1.49. The van der Waals surface area contributed by atoms with Gasteiger partial charge in [0.1, 0.15) is 12.0 Å². The first-order valence-corrected chi connectivity index (χ1v) is 2.91. The van der Waals surface area contributed by atoms with E-state index in [1.54, 1.807) is 13.8 Å². The van der Waals surface area contributed by atoms with Crippen molar-refractivity contribution < 1.29 is 9.52 Å². The van der Waals surface area contributed by atoms with E-state index in [4.69, 9.17) is 9.52 Å². The zero-order chi connectivity index (χ0) is 7.72. The summed E-state index contributed by atoms with van der Waals surface area (Å²) in [5.41, 5.74) is 0.101. The molecule has 3 nitrogen and oxygen atoms in total. The lowest BCUT2D eigenvalue weighted by Crippen LogP contribution is -2.04. The molecule has 0 radical (unpaired) electrons. The van der Waals surface area contributed by atoms with Gasteiger partial charge in [-0.05, 0) is 13.8 Å². The zero-order valence-electron chi connectivity index (χ0n) is 5.84. The SMILES string of the molecule is Cc1occ(O)c(=O)c1C. The Labute approximate surface area is 57.9 Å². The maximum Gasteiger partial charge on any atom is 0.229 e. The van der Waals surface area contributed by atoms with Crippen molar-refractivity contribution in [3.8, 4) is 5.75 Å². The fraction of sp³-hybridized carbons (Fsp3) is 0.286. The van der Waals surface area contributed by atoms with Crippen molar-refractivity contribution in [3.63, 3.8) is 0 Å². The van der Waals surface area contributed by atoms with Crippen LogP contribution < -0.4 is 5.43 Å². The molecule has 1 rings (SSSR count). The summed E-state index contributed by atoms with van der Waals surface area (Å²) in [5, 5.41) is 8.82. The maximum absolute atomic E-state index is 10.9. The molecule has 1 N–H and O–H groups in total. The smallest absolute Gasteiger partial charge is 0.229 e. The van der Waals surface area contributed by atoms with Gasteiger partial charge in [0.2, 0.25) is 5.43 Å². The quantitative estimate of drug-likeness (QED) is 0.584. The van der Waals surface area contributed by atoms with E-state index in [-0.39, 0.29) is 11.2 Å². The minimum Gasteiger partial charge on any atom is -0.502 e. The van der Waals surface area contributed by atoms with E-state index in [0.29, 0.717) is 11.3 Å². The summed E-state index contributed by atoms with van der Waals surface area (Å²) in [6.07, 6.45) is 1.05. The Morgan fingerprint density at radius 1 is 1.50 bits per heavy atom. The van der Waals surface area contributed by atoms with Crippen molar-refractivity contribution in [1.82, 2.24) is 0 Å². The van der Waals surface area contributed by atoms with Gasteiger partial charge in [0.25, 0.3) is 0 Å². The van der Waals surface area contributed by atoms with Crippen molar-refractivity contribution in [3.05, 3.63) is 27.8 Å². The first-order chi connectivity index (χ1) is 4.63. The lowest BCUT2D eigenvalue weighted by Gasteiger charge is -1.95. The lowest BCUT2D eigenvalue weighted by molar-refractivity contribution is 0.417. The van der Waals surface area contributed by atoms with Crippen LogP contribution in [0.2, 0.25) is 0 Å². The van der Waals surface area contributed by atoms with Crippen LogP contribution in [0.1, 0.15) is 11.3 Å². The van der Waals surface area contributed by atoms with Crippen LogP contribution in [0, 0.1) is 13.8 Å². The second-order valence-corrected chi connectivity index (χ2v) is 2.13. The number of aromatic hydroxyl groups is 1. The Morgan fingerprint density at radius 3 is 2.60 bits per heavy atom. The molecule has 0 fully saturated rings. The summed E-state index contributed by atoms with van der Waals surface area (Å²) in [7, 11) is 0. The van der Waals surface area contributed by atoms with Gasteiger partial charge in [0, 0.05) is 5.56 Å². The average Bonchev–Trinajstić information content (AvgIpc) is 1.93. The third-order valence-corrected chi connectivity index (χ3v) is 1.45. The minimum absolute atomic E-state index is 0.330. The van der Waals surface area contributed by atoms with Gasteiger partial charge in [-0.2, -0.15) is 0 Å². The molecule has 0 bridgehead atoms. The van der Waals surface area contributed by atoms with Gasteiger partial charge in [-0.15, -0.1) is 0 Å². The molecule has 0 saturated heterocycles. The maximum atomic E-state index is 10.9. The molecule has 0 atom stereocenters. The van der Waals surface area contributed by atoms with E-state index in [1.807, 2.05) is 0 Å². The molecular formula is C7H8O3. The van der Waals surface area contributed by atoms with Gasteiger partial charge in [-0.25, -0.2) is 0 Å². The van der Waals surface area contributed by atoms with Crippen LogP contribution in [0.15, 0.2) is 15.5 Å². The standard InChI is InChI=1S/C7H8O3/c1-4-5(2)10-3-6(8)7(4)9/h3,8H,1-2H3. The topological polar surface area (TPSA) is 50.4 Å². The number of rotatable bonds is 0. The summed E-state index contributed by atoms with van der Waals surface area (Å²) >= 11 is 0. The molecule has 0 aromatic carbocycles. The Hall–Kier alpha value is -1.25. The van der Waals surface area contributed by atoms with Crippen LogP contribution in [-0.4, -0.2) is 5.11 Å². The zero-order valence-corrected chi connectivity index (χ0v) is 5.84. The highest BCUT2D eigenvalue weighted by Gasteiger charge is 2.03. The van der Waals surface area contributed by atoms with Crippen molar-refractivity contribution >= 4 is 0 Å². The number of hydrogen-bond donors (Lipinski definition) is 1. The van der Waals surface area contributed by atoms with Crippen LogP contribution >= 0.6 is 0 Å². The van der Waals surface area contributed by atoms with E-state index in [1.165, 1.54) is 0 Å². The Morgan fingerprint density at radius 2 is 2.10 bits per heavy atom. The summed E-state index contributed by atoms with van der Waals surface area (Å²) in [6.45, 7) is 3.29. The molecule has 0 aliphatic heterocycles. The van der Waals surface area contributed by atoms with Crippen molar-refractivity contribution in [1.29, 1.82) is 0 Å². The molecular weight excluding hydrogens is 132 g/mol. The third-order valence-electron chi connectivity index (χ3n) is 1.45. The van der Waals surface area contributed by atoms with Crippen LogP contribution in [0.3, 0.4) is 0 Å². The highest BCUT2D eigenvalue weighted by atomic mass is 16.3. The van der Waals surface area contributed by atoms with Crippen LogP contribution in [0.4, 0.5) is 0 Å². The average molecular weight is 140 g/mol. The summed E-state index contributed by atoms with van der Waals surface area (Å²) < 4.78 is 4.82. The third kappa shape index (κ3) is 0.900. The second-order valence-electron chi connectivity index (χ2n) is 2.13. The lowest BCUT2D eigenvalue weighted by atomic mass is 10.2. The largest absolute Gasteiger partial charge is 0.502 e. The van der Waals surface area contributed by atoms with E-state index in [9.17, 15) is 4.79 Å². The fourth-order valence-corrected chi connectivity index (χ4v) is 0.638. The normalized spacial score (nSPS) is 9.80. The molecule has 1 heterocycles. The first-order valence-electron chi connectivity index (χ1n) is 2.91. The second kappa shape index (κ2) is 2.17. The Bertz CT molecular complexity index is 298. The van der Waals surface area contributed by atoms with Crippen LogP contribution in [0.5, 0.6) is 5.75 Å². The molecule has 0 spiro atoms. The van der Waals surface area contributed by atoms with Crippen molar-refractivity contribution in [2.75, 3.05) is 0 Å². The van der Waals surface area contributed by atoms with E-state index in [0.717, 1.165) is 6.26 Å². The van der Waals surface area contributed by atoms with E-state index >= 15 is 0 Å². The summed E-state index contributed by atoms with van der Waals surface area (Å²) in [6, 6.07) is 0. The van der Waals surface area contributed by atoms with Gasteiger partial charge in [0.15, 0.2) is 5.75 Å². The summed E-state index contributed by atoms with van der Waals surface area (Å²) in [4.78, 5) is 10.9. The van der Waals surface area contributed by atoms with Crippen molar-refractivity contribution in [2.45, 2.75) is 13.8 Å². The molecule has 10 heavy (non-hydrogen) atoms. The molecule has 1 aromatic rings. The monoisotopic (exact) mass is 140 g/mol. The Balaban J connectivity index is 3.50. The molecule has 0 unspecified atom stereocenters. The number of hydrogen-bond acceptors (Lipinski definition) is 3. The first kappa shape index (κ1) is 6.86. The van der Waals surface area contributed by atoms with Gasteiger partial charge in [-0.1, -0.05) is 0 Å². The minimum atomic E-state index is -0.358. The van der Waals surface area contributed by atoms with E-state index < -0.39 is 0 Å². The molecule has 0 aliphatic rings. The molecule has 0 saturated carbocycles. The fourth-order valence-electron chi connectivity index (χ4n) is 0.638. The number of aryl methyl sites for hydroxylation is 1. The molecule has 0 amide bonds. The predicted molar refractivity (Wildman–Crippen MR) is 36.1 cm³/mol.